The van der Waals surface area contributed by atoms with Gasteiger partial charge in [0.25, 0.3) is 0 Å². The van der Waals surface area contributed by atoms with Gasteiger partial charge < -0.3 is 24.2 Å². The molecule has 1 N–H and O–H groups in total. The van der Waals surface area contributed by atoms with Crippen LogP contribution in [0.2, 0.25) is 0 Å². The van der Waals surface area contributed by atoms with Gasteiger partial charge in [0, 0.05) is 32.7 Å². The van der Waals surface area contributed by atoms with Crippen LogP contribution in [-0.2, 0) is 4.74 Å². The normalized spacial score (nSPS) is 16.0. The summed E-state index contributed by atoms with van der Waals surface area (Å²) in [5.41, 5.74) is 1.13. The van der Waals surface area contributed by atoms with Crippen molar-refractivity contribution in [3.63, 3.8) is 0 Å². The number of rotatable bonds is 10. The summed E-state index contributed by atoms with van der Waals surface area (Å²) < 4.78 is 16.6. The summed E-state index contributed by atoms with van der Waals surface area (Å²) in [5, 5.41) is 10.2. The molecule has 0 spiro atoms. The van der Waals surface area contributed by atoms with E-state index in [9.17, 15) is 5.11 Å². The highest BCUT2D eigenvalue weighted by Gasteiger charge is 2.21. The highest BCUT2D eigenvalue weighted by atomic mass is 16.5. The molecule has 3 rings (SSSR count). The number of hydrogen-bond donors (Lipinski definition) is 1. The van der Waals surface area contributed by atoms with Crippen molar-refractivity contribution in [2.75, 3.05) is 64.6 Å². The molecule has 1 aliphatic rings. The fourth-order valence-corrected chi connectivity index (χ4v) is 3.37. The number of piperazine rings is 1. The highest BCUT2D eigenvalue weighted by Crippen LogP contribution is 2.28. The molecule has 0 amide bonds. The standard InChI is InChI=1S/C22H30N2O4/c1-26-22-10-6-5-9-21(22)24-13-11-23(12-14-24)17-19(25)18-27-15-16-28-20-7-3-2-4-8-20/h2-10,19,25H,11-18H2,1H3. The number of aliphatic hydroxyl groups is 1. The van der Waals surface area contributed by atoms with E-state index in [2.05, 4.69) is 15.9 Å². The number of aliphatic hydroxyl groups excluding tert-OH is 1. The van der Waals surface area contributed by atoms with E-state index in [4.69, 9.17) is 14.2 Å². The van der Waals surface area contributed by atoms with Crippen molar-refractivity contribution in [3.05, 3.63) is 54.6 Å². The smallest absolute Gasteiger partial charge is 0.142 e. The van der Waals surface area contributed by atoms with E-state index in [0.29, 0.717) is 26.4 Å². The molecule has 6 nitrogen and oxygen atoms in total. The maximum atomic E-state index is 10.2. The Morgan fingerprint density at radius 2 is 1.64 bits per heavy atom. The van der Waals surface area contributed by atoms with Crippen molar-refractivity contribution in [1.29, 1.82) is 0 Å². The summed E-state index contributed by atoms with van der Waals surface area (Å²) in [6.45, 7) is 5.54. The Bertz CT molecular complexity index is 690. The predicted octanol–water partition coefficient (Wildman–Crippen LogP) is 2.27. The van der Waals surface area contributed by atoms with Crippen molar-refractivity contribution >= 4 is 5.69 Å². The van der Waals surface area contributed by atoms with E-state index in [1.807, 2.05) is 48.5 Å². The Kier molecular flexibility index (Phi) is 7.96. The number of anilines is 1. The summed E-state index contributed by atoms with van der Waals surface area (Å²) in [6.07, 6.45) is -0.491. The maximum Gasteiger partial charge on any atom is 0.142 e. The van der Waals surface area contributed by atoms with Crippen molar-refractivity contribution in [3.8, 4) is 11.5 Å². The van der Waals surface area contributed by atoms with Gasteiger partial charge in [0.15, 0.2) is 0 Å². The monoisotopic (exact) mass is 386 g/mol. The lowest BCUT2D eigenvalue weighted by molar-refractivity contribution is 0.00717. The molecular formula is C22H30N2O4. The molecule has 1 fully saturated rings. The lowest BCUT2D eigenvalue weighted by Crippen LogP contribution is -2.49. The molecule has 6 heteroatoms. The number of ether oxygens (including phenoxy) is 3. The second kappa shape index (κ2) is 10.9. The molecule has 0 saturated carbocycles. The Labute approximate surface area is 167 Å². The fraction of sp³-hybridized carbons (Fsp3) is 0.455. The van der Waals surface area contributed by atoms with Gasteiger partial charge in [0.2, 0.25) is 0 Å². The first-order chi connectivity index (χ1) is 13.8. The lowest BCUT2D eigenvalue weighted by atomic mass is 10.2. The largest absolute Gasteiger partial charge is 0.495 e. The molecular weight excluding hydrogens is 356 g/mol. The first kappa shape index (κ1) is 20.5. The molecule has 2 aromatic carbocycles. The molecule has 0 radical (unpaired) electrons. The minimum atomic E-state index is -0.491. The van der Waals surface area contributed by atoms with Crippen LogP contribution in [0.15, 0.2) is 54.6 Å². The van der Waals surface area contributed by atoms with Crippen LogP contribution in [0, 0.1) is 0 Å². The molecule has 2 aromatic rings. The Hall–Kier alpha value is -2.28. The third kappa shape index (κ3) is 6.12. The minimum Gasteiger partial charge on any atom is -0.495 e. The number of para-hydroxylation sites is 3. The van der Waals surface area contributed by atoms with E-state index in [-0.39, 0.29) is 0 Å². The molecule has 1 heterocycles. The van der Waals surface area contributed by atoms with E-state index < -0.39 is 6.10 Å². The van der Waals surface area contributed by atoms with E-state index in [1.165, 1.54) is 0 Å². The van der Waals surface area contributed by atoms with Crippen LogP contribution < -0.4 is 14.4 Å². The van der Waals surface area contributed by atoms with Crippen LogP contribution in [0.1, 0.15) is 0 Å². The Balaban J connectivity index is 1.31. The van der Waals surface area contributed by atoms with Crippen molar-refractivity contribution in [1.82, 2.24) is 4.90 Å². The summed E-state index contributed by atoms with van der Waals surface area (Å²) in [4.78, 5) is 4.61. The molecule has 1 aliphatic heterocycles. The molecule has 1 atom stereocenters. The topological polar surface area (TPSA) is 54.4 Å². The number of β-amino-alcohol motifs (C(OH)–C–C–N with tert-alkyl or cyclic N) is 1. The van der Waals surface area contributed by atoms with Gasteiger partial charge >= 0.3 is 0 Å². The zero-order chi connectivity index (χ0) is 19.6. The summed E-state index contributed by atoms with van der Waals surface area (Å²) in [7, 11) is 1.70. The molecule has 0 aromatic heterocycles. The first-order valence-corrected chi connectivity index (χ1v) is 9.80. The number of nitrogens with zero attached hydrogens (tertiary/aromatic N) is 2. The van der Waals surface area contributed by atoms with Crippen molar-refractivity contribution in [2.24, 2.45) is 0 Å². The van der Waals surface area contributed by atoms with Gasteiger partial charge in [-0.25, -0.2) is 0 Å². The molecule has 1 unspecified atom stereocenters. The van der Waals surface area contributed by atoms with Gasteiger partial charge in [0.1, 0.15) is 18.1 Å². The van der Waals surface area contributed by atoms with Crippen LogP contribution in [0.4, 0.5) is 5.69 Å². The SMILES string of the molecule is COc1ccccc1N1CCN(CC(O)COCCOc2ccccc2)CC1. The summed E-state index contributed by atoms with van der Waals surface area (Å²) >= 11 is 0. The van der Waals surface area contributed by atoms with Gasteiger partial charge in [0.05, 0.1) is 32.1 Å². The zero-order valence-corrected chi connectivity index (χ0v) is 16.5. The quantitative estimate of drug-likeness (QED) is 0.633. The third-order valence-corrected chi connectivity index (χ3v) is 4.82. The zero-order valence-electron chi connectivity index (χ0n) is 16.5. The Morgan fingerprint density at radius 1 is 0.929 bits per heavy atom. The van der Waals surface area contributed by atoms with Crippen LogP contribution in [-0.4, -0.2) is 75.8 Å². The number of benzene rings is 2. The Morgan fingerprint density at radius 3 is 2.39 bits per heavy atom. The number of methoxy groups -OCH3 is 1. The van der Waals surface area contributed by atoms with Crippen LogP contribution >= 0.6 is 0 Å². The third-order valence-electron chi connectivity index (χ3n) is 4.82. The van der Waals surface area contributed by atoms with E-state index in [1.54, 1.807) is 7.11 Å². The van der Waals surface area contributed by atoms with Crippen LogP contribution in [0.5, 0.6) is 11.5 Å². The van der Waals surface area contributed by atoms with Crippen molar-refractivity contribution in [2.45, 2.75) is 6.10 Å². The van der Waals surface area contributed by atoms with E-state index >= 15 is 0 Å². The average Bonchev–Trinajstić information content (AvgIpc) is 2.75. The maximum absolute atomic E-state index is 10.2. The highest BCUT2D eigenvalue weighted by molar-refractivity contribution is 5.58. The van der Waals surface area contributed by atoms with Gasteiger partial charge in [-0.05, 0) is 24.3 Å². The van der Waals surface area contributed by atoms with Gasteiger partial charge in [-0.2, -0.15) is 0 Å². The molecule has 28 heavy (non-hydrogen) atoms. The van der Waals surface area contributed by atoms with Gasteiger partial charge in [-0.3, -0.25) is 4.90 Å². The molecule has 1 saturated heterocycles. The van der Waals surface area contributed by atoms with Gasteiger partial charge in [-0.15, -0.1) is 0 Å². The van der Waals surface area contributed by atoms with Crippen LogP contribution in [0.3, 0.4) is 0 Å². The average molecular weight is 386 g/mol. The summed E-state index contributed by atoms with van der Waals surface area (Å²) in [6, 6.07) is 17.8. The van der Waals surface area contributed by atoms with Crippen LogP contribution in [0.25, 0.3) is 0 Å². The van der Waals surface area contributed by atoms with E-state index in [0.717, 1.165) is 43.4 Å². The number of hydrogen-bond acceptors (Lipinski definition) is 6. The molecule has 0 aliphatic carbocycles. The molecule has 0 bridgehead atoms. The second-order valence-corrected chi connectivity index (χ2v) is 6.85. The lowest BCUT2D eigenvalue weighted by Gasteiger charge is -2.37. The van der Waals surface area contributed by atoms with Crippen molar-refractivity contribution < 1.29 is 19.3 Å². The second-order valence-electron chi connectivity index (χ2n) is 6.85. The predicted molar refractivity (Wildman–Crippen MR) is 110 cm³/mol. The fourth-order valence-electron chi connectivity index (χ4n) is 3.37. The minimum absolute atomic E-state index is 0.324. The van der Waals surface area contributed by atoms with Gasteiger partial charge in [-0.1, -0.05) is 30.3 Å². The molecule has 152 valence electrons. The first-order valence-electron chi connectivity index (χ1n) is 9.80. The summed E-state index contributed by atoms with van der Waals surface area (Å²) in [5.74, 6) is 1.74.